The molecule has 0 unspecified atom stereocenters. The highest BCUT2D eigenvalue weighted by molar-refractivity contribution is 5.94. The smallest absolute Gasteiger partial charge is 0.310 e. The van der Waals surface area contributed by atoms with E-state index in [2.05, 4.69) is 15.4 Å². The SMILES string of the molecule is O=C(CC1(C(=O)O)CCC1)Nc1cccc(OCCn2cncn2)c1. The molecule has 0 atom stereocenters. The standard InChI is InChI=1S/C17H20N4O4/c22-15(10-17(16(23)24)5-2-6-17)20-13-3-1-4-14(9-13)25-8-7-21-12-18-11-19-21/h1,3-4,9,11-12H,2,5-8,10H2,(H,20,22)(H,23,24). The minimum atomic E-state index is -0.893. The monoisotopic (exact) mass is 344 g/mol. The zero-order valence-corrected chi connectivity index (χ0v) is 13.7. The maximum atomic E-state index is 12.2. The molecule has 0 radical (unpaired) electrons. The van der Waals surface area contributed by atoms with Crippen molar-refractivity contribution in [3.8, 4) is 5.75 Å². The molecule has 1 aliphatic carbocycles. The summed E-state index contributed by atoms with van der Waals surface area (Å²) in [6, 6.07) is 7.03. The summed E-state index contributed by atoms with van der Waals surface area (Å²) in [5.41, 5.74) is -0.307. The first-order valence-corrected chi connectivity index (χ1v) is 8.16. The Bertz CT molecular complexity index is 741. The predicted octanol–water partition coefficient (Wildman–Crippen LogP) is 1.94. The van der Waals surface area contributed by atoms with E-state index in [1.54, 1.807) is 35.3 Å². The molecular formula is C17H20N4O4. The van der Waals surface area contributed by atoms with Crippen molar-refractivity contribution in [3.63, 3.8) is 0 Å². The maximum absolute atomic E-state index is 12.2. The molecule has 132 valence electrons. The zero-order chi connectivity index (χ0) is 17.7. The Kier molecular flexibility index (Phi) is 4.97. The van der Waals surface area contributed by atoms with Gasteiger partial charge in [-0.25, -0.2) is 9.67 Å². The van der Waals surface area contributed by atoms with E-state index in [0.717, 1.165) is 6.42 Å². The van der Waals surface area contributed by atoms with Crippen molar-refractivity contribution in [2.24, 2.45) is 5.41 Å². The van der Waals surface area contributed by atoms with Gasteiger partial charge >= 0.3 is 5.97 Å². The minimum absolute atomic E-state index is 0.000281. The first-order valence-electron chi connectivity index (χ1n) is 8.16. The van der Waals surface area contributed by atoms with Crippen molar-refractivity contribution >= 4 is 17.6 Å². The van der Waals surface area contributed by atoms with Crippen molar-refractivity contribution in [2.75, 3.05) is 11.9 Å². The highest BCUT2D eigenvalue weighted by Crippen LogP contribution is 2.44. The third-order valence-electron chi connectivity index (χ3n) is 4.44. The second-order valence-corrected chi connectivity index (χ2v) is 6.20. The van der Waals surface area contributed by atoms with Crippen molar-refractivity contribution in [3.05, 3.63) is 36.9 Å². The minimum Gasteiger partial charge on any atom is -0.492 e. The topological polar surface area (TPSA) is 106 Å². The van der Waals surface area contributed by atoms with Gasteiger partial charge in [-0.05, 0) is 25.0 Å². The van der Waals surface area contributed by atoms with Crippen molar-refractivity contribution in [2.45, 2.75) is 32.2 Å². The van der Waals surface area contributed by atoms with Crippen molar-refractivity contribution < 1.29 is 19.4 Å². The van der Waals surface area contributed by atoms with Crippen LogP contribution >= 0.6 is 0 Å². The number of carbonyl (C=O) groups excluding carboxylic acids is 1. The number of carboxylic acid groups (broad SMARTS) is 1. The third kappa shape index (κ3) is 4.14. The number of hydrogen-bond donors (Lipinski definition) is 2. The van der Waals surface area contributed by atoms with Crippen LogP contribution in [0.3, 0.4) is 0 Å². The second-order valence-electron chi connectivity index (χ2n) is 6.20. The Morgan fingerprint density at radius 2 is 2.20 bits per heavy atom. The number of nitrogens with zero attached hydrogens (tertiary/aromatic N) is 3. The third-order valence-corrected chi connectivity index (χ3v) is 4.44. The highest BCUT2D eigenvalue weighted by atomic mass is 16.5. The molecule has 1 aromatic heterocycles. The van der Waals surface area contributed by atoms with Gasteiger partial charge < -0.3 is 15.2 Å². The summed E-state index contributed by atoms with van der Waals surface area (Å²) in [6.07, 6.45) is 5.04. The molecule has 8 heteroatoms. The summed E-state index contributed by atoms with van der Waals surface area (Å²) in [5.74, 6) is -0.560. The summed E-state index contributed by atoms with van der Waals surface area (Å²) in [4.78, 5) is 27.4. The van der Waals surface area contributed by atoms with Crippen LogP contribution in [-0.2, 0) is 16.1 Å². The van der Waals surface area contributed by atoms with Crippen LogP contribution in [0.5, 0.6) is 5.75 Å². The van der Waals surface area contributed by atoms with E-state index in [1.165, 1.54) is 6.33 Å². The number of rotatable bonds is 8. The summed E-state index contributed by atoms with van der Waals surface area (Å²) in [6.45, 7) is 0.987. The Morgan fingerprint density at radius 1 is 1.36 bits per heavy atom. The van der Waals surface area contributed by atoms with Gasteiger partial charge in [-0.15, -0.1) is 0 Å². The molecule has 1 heterocycles. The Labute approximate surface area is 144 Å². The number of ether oxygens (including phenoxy) is 1. The quantitative estimate of drug-likeness (QED) is 0.758. The summed E-state index contributed by atoms with van der Waals surface area (Å²) in [7, 11) is 0. The van der Waals surface area contributed by atoms with Crippen LogP contribution in [0.25, 0.3) is 0 Å². The molecule has 0 saturated heterocycles. The summed E-state index contributed by atoms with van der Waals surface area (Å²) >= 11 is 0. The predicted molar refractivity (Wildman–Crippen MR) is 89.1 cm³/mol. The van der Waals surface area contributed by atoms with Gasteiger partial charge in [0.25, 0.3) is 0 Å². The van der Waals surface area contributed by atoms with E-state index in [9.17, 15) is 14.7 Å². The van der Waals surface area contributed by atoms with E-state index in [-0.39, 0.29) is 12.3 Å². The van der Waals surface area contributed by atoms with Crippen molar-refractivity contribution in [1.29, 1.82) is 0 Å². The second kappa shape index (κ2) is 7.33. The van der Waals surface area contributed by atoms with Crippen LogP contribution in [0, 0.1) is 5.41 Å². The van der Waals surface area contributed by atoms with E-state index in [1.807, 2.05) is 0 Å². The average molecular weight is 344 g/mol. The first-order chi connectivity index (χ1) is 12.1. The molecule has 0 bridgehead atoms. The molecule has 1 fully saturated rings. The number of aromatic nitrogens is 3. The molecule has 0 aliphatic heterocycles. The largest absolute Gasteiger partial charge is 0.492 e. The normalized spacial score (nSPS) is 15.2. The number of amides is 1. The van der Waals surface area contributed by atoms with Crippen LogP contribution in [0.1, 0.15) is 25.7 Å². The number of carbonyl (C=O) groups is 2. The highest BCUT2D eigenvalue weighted by Gasteiger charge is 2.45. The lowest BCUT2D eigenvalue weighted by Crippen LogP contribution is -2.41. The summed E-state index contributed by atoms with van der Waals surface area (Å²) < 4.78 is 7.30. The maximum Gasteiger partial charge on any atom is 0.310 e. The number of benzene rings is 1. The van der Waals surface area contributed by atoms with Gasteiger partial charge in [0.05, 0.1) is 12.0 Å². The van der Waals surface area contributed by atoms with Gasteiger partial charge in [-0.2, -0.15) is 5.10 Å². The fourth-order valence-corrected chi connectivity index (χ4v) is 2.85. The van der Waals surface area contributed by atoms with Gasteiger partial charge in [-0.1, -0.05) is 12.5 Å². The zero-order valence-electron chi connectivity index (χ0n) is 13.7. The molecule has 2 aromatic rings. The van der Waals surface area contributed by atoms with Crippen LogP contribution in [0.2, 0.25) is 0 Å². The van der Waals surface area contributed by atoms with Crippen LogP contribution in [0.4, 0.5) is 5.69 Å². The molecule has 1 amide bonds. The fraction of sp³-hybridized carbons (Fsp3) is 0.412. The first kappa shape index (κ1) is 16.9. The summed E-state index contributed by atoms with van der Waals surface area (Å²) in [5, 5.41) is 16.0. The Hall–Kier alpha value is -2.90. The lowest BCUT2D eigenvalue weighted by atomic mass is 9.66. The molecule has 3 rings (SSSR count). The van der Waals surface area contributed by atoms with Crippen molar-refractivity contribution in [1.82, 2.24) is 14.8 Å². The molecule has 1 aromatic carbocycles. The lowest BCUT2D eigenvalue weighted by molar-refractivity contribution is -0.157. The number of anilines is 1. The molecule has 1 saturated carbocycles. The van der Waals surface area contributed by atoms with E-state index < -0.39 is 11.4 Å². The lowest BCUT2D eigenvalue weighted by Gasteiger charge is -2.36. The van der Waals surface area contributed by atoms with Gasteiger partial charge in [0.15, 0.2) is 0 Å². The van der Waals surface area contributed by atoms with Crippen LogP contribution in [0.15, 0.2) is 36.9 Å². The number of nitrogens with one attached hydrogen (secondary N) is 1. The van der Waals surface area contributed by atoms with Crippen LogP contribution in [-0.4, -0.2) is 38.4 Å². The van der Waals surface area contributed by atoms with E-state index >= 15 is 0 Å². The molecule has 0 spiro atoms. The number of hydrogen-bond acceptors (Lipinski definition) is 5. The fourth-order valence-electron chi connectivity index (χ4n) is 2.85. The number of carboxylic acids is 1. The molecule has 25 heavy (non-hydrogen) atoms. The molecule has 8 nitrogen and oxygen atoms in total. The average Bonchev–Trinajstić information content (AvgIpc) is 3.04. The van der Waals surface area contributed by atoms with E-state index in [0.29, 0.717) is 37.4 Å². The molecule has 2 N–H and O–H groups in total. The van der Waals surface area contributed by atoms with Gasteiger partial charge in [-0.3, -0.25) is 9.59 Å². The Morgan fingerprint density at radius 3 is 2.84 bits per heavy atom. The van der Waals surface area contributed by atoms with Gasteiger partial charge in [0, 0.05) is 18.2 Å². The number of aliphatic carboxylic acids is 1. The van der Waals surface area contributed by atoms with E-state index in [4.69, 9.17) is 4.74 Å². The van der Waals surface area contributed by atoms with Gasteiger partial charge in [0.1, 0.15) is 25.0 Å². The molecule has 1 aliphatic rings. The molecular weight excluding hydrogens is 324 g/mol. The van der Waals surface area contributed by atoms with Crippen LogP contribution < -0.4 is 10.1 Å². The van der Waals surface area contributed by atoms with Gasteiger partial charge in [0.2, 0.25) is 5.91 Å². The Balaban J connectivity index is 1.52.